The number of methoxy groups -OCH3 is 1. The lowest BCUT2D eigenvalue weighted by molar-refractivity contribution is -0.457. The number of benzene rings is 1. The van der Waals surface area contributed by atoms with Crippen molar-refractivity contribution in [1.29, 1.82) is 0 Å². The summed E-state index contributed by atoms with van der Waals surface area (Å²) in [5.74, 6) is -0.815. The molecule has 1 unspecified atom stereocenters. The Hall–Kier alpha value is -2.10. The van der Waals surface area contributed by atoms with Crippen molar-refractivity contribution in [3.63, 3.8) is 0 Å². The summed E-state index contributed by atoms with van der Waals surface area (Å²) in [5.41, 5.74) is 1.02. The molecule has 4 heteroatoms. The molecule has 4 nitrogen and oxygen atoms in total. The Kier molecular flexibility index (Phi) is 5.64. The molecule has 0 saturated carbocycles. The van der Waals surface area contributed by atoms with Gasteiger partial charge in [-0.05, 0) is 18.6 Å². The Morgan fingerprint density at radius 1 is 1.44 bits per heavy atom. The predicted octanol–water partition coefficient (Wildman–Crippen LogP) is 2.09. The van der Waals surface area contributed by atoms with Crippen molar-refractivity contribution < 1.29 is 14.3 Å². The molecule has 18 heavy (non-hydrogen) atoms. The first-order valence-electron chi connectivity index (χ1n) is 5.71. The van der Waals surface area contributed by atoms with Crippen molar-refractivity contribution in [2.24, 2.45) is 5.92 Å². The first-order valence-corrected chi connectivity index (χ1v) is 5.71. The maximum absolute atomic E-state index is 11.5. The highest BCUT2D eigenvalue weighted by Gasteiger charge is 2.16. The number of nitrogens with zero attached hydrogens (tertiary/aromatic N) is 1. The van der Waals surface area contributed by atoms with Crippen LogP contribution < -0.4 is 0 Å². The summed E-state index contributed by atoms with van der Waals surface area (Å²) in [6.45, 7) is 1.75. The molecule has 1 aromatic carbocycles. The highest BCUT2D eigenvalue weighted by Crippen LogP contribution is 2.00. The second kappa shape index (κ2) is 7.27. The molecule has 0 aliphatic heterocycles. The predicted molar refractivity (Wildman–Crippen MR) is 71.2 cm³/mol. The van der Waals surface area contributed by atoms with Gasteiger partial charge in [-0.15, -0.1) is 0 Å². The van der Waals surface area contributed by atoms with E-state index in [2.05, 4.69) is 4.74 Å². The van der Waals surface area contributed by atoms with Crippen LogP contribution >= 0.6 is 0 Å². The monoisotopic (exact) mass is 247 g/mol. The van der Waals surface area contributed by atoms with E-state index in [1.165, 1.54) is 13.3 Å². The molecule has 0 heterocycles. The quantitative estimate of drug-likeness (QED) is 0.263. The van der Waals surface area contributed by atoms with E-state index in [-0.39, 0.29) is 12.5 Å². The van der Waals surface area contributed by atoms with Crippen molar-refractivity contribution >= 4 is 18.3 Å². The maximum Gasteiger partial charge on any atom is 0.314 e. The van der Waals surface area contributed by atoms with Gasteiger partial charge < -0.3 is 9.94 Å². The molecule has 1 atom stereocenters. The molecule has 0 aliphatic rings. The molecular weight excluding hydrogens is 230 g/mol. The molecular formula is C14H17NO3. The Morgan fingerprint density at radius 2 is 2.11 bits per heavy atom. The lowest BCUT2D eigenvalue weighted by Crippen LogP contribution is -2.22. The van der Waals surface area contributed by atoms with Crippen molar-refractivity contribution in [3.8, 4) is 0 Å². The van der Waals surface area contributed by atoms with Crippen molar-refractivity contribution in [1.82, 2.24) is 0 Å². The van der Waals surface area contributed by atoms with E-state index in [1.54, 1.807) is 13.0 Å². The van der Waals surface area contributed by atoms with Crippen LogP contribution in [0.5, 0.6) is 0 Å². The minimum absolute atomic E-state index is 0.0891. The first-order chi connectivity index (χ1) is 8.63. The number of carbonyl (C=O) groups excluding carboxylic acids is 1. The lowest BCUT2D eigenvalue weighted by atomic mass is 10.2. The van der Waals surface area contributed by atoms with E-state index in [1.807, 2.05) is 36.4 Å². The van der Waals surface area contributed by atoms with Gasteiger partial charge >= 0.3 is 5.97 Å². The highest BCUT2D eigenvalue weighted by atomic mass is 16.5. The molecule has 0 spiro atoms. The second-order valence-electron chi connectivity index (χ2n) is 3.94. The van der Waals surface area contributed by atoms with E-state index >= 15 is 0 Å². The molecule has 0 aromatic heterocycles. The summed E-state index contributed by atoms with van der Waals surface area (Å²) < 4.78 is 5.27. The van der Waals surface area contributed by atoms with Gasteiger partial charge in [0.15, 0.2) is 12.8 Å². The molecule has 0 radical (unpaired) electrons. The zero-order valence-corrected chi connectivity index (χ0v) is 10.6. The number of hydrogen-bond acceptors (Lipinski definition) is 3. The van der Waals surface area contributed by atoms with Crippen molar-refractivity contribution in [3.05, 3.63) is 47.2 Å². The van der Waals surface area contributed by atoms with E-state index in [9.17, 15) is 10.0 Å². The van der Waals surface area contributed by atoms with Gasteiger partial charge in [0.2, 0.25) is 0 Å². The molecule has 0 saturated heterocycles. The Balaban J connectivity index is 2.52. The van der Waals surface area contributed by atoms with E-state index in [0.29, 0.717) is 0 Å². The summed E-state index contributed by atoms with van der Waals surface area (Å²) in [7, 11) is 1.31. The Labute approximate surface area is 107 Å². The van der Waals surface area contributed by atoms with Gasteiger partial charge in [-0.3, -0.25) is 4.79 Å². The van der Waals surface area contributed by atoms with Crippen LogP contribution in [0, 0.1) is 11.1 Å². The molecule has 0 N–H and O–H groups in total. The normalized spacial score (nSPS) is 13.6. The summed E-state index contributed by atoms with van der Waals surface area (Å²) in [4.78, 5) is 11.1. The highest BCUT2D eigenvalue weighted by molar-refractivity contribution is 5.75. The minimum atomic E-state index is -0.436. The number of carbonyl (C=O) groups is 1. The van der Waals surface area contributed by atoms with Crippen LogP contribution in [-0.4, -0.2) is 30.6 Å². The summed E-state index contributed by atoms with van der Waals surface area (Å²) >= 11 is 0. The molecule has 96 valence electrons. The van der Waals surface area contributed by atoms with Crippen LogP contribution in [-0.2, 0) is 9.53 Å². The van der Waals surface area contributed by atoms with Crippen molar-refractivity contribution in [2.45, 2.75) is 6.92 Å². The number of ether oxygens (including phenoxy) is 1. The van der Waals surface area contributed by atoms with Gasteiger partial charge in [-0.25, -0.2) is 4.74 Å². The van der Waals surface area contributed by atoms with Gasteiger partial charge in [0.25, 0.3) is 0 Å². The van der Waals surface area contributed by atoms with Gasteiger partial charge in [0, 0.05) is 6.08 Å². The lowest BCUT2D eigenvalue weighted by Gasteiger charge is -2.08. The van der Waals surface area contributed by atoms with E-state index < -0.39 is 5.92 Å². The number of hydroxylamine groups is 1. The maximum atomic E-state index is 11.5. The fraction of sp³-hybridized carbons (Fsp3) is 0.286. The van der Waals surface area contributed by atoms with Gasteiger partial charge in [0.05, 0.1) is 7.11 Å². The van der Waals surface area contributed by atoms with Gasteiger partial charge in [-0.1, -0.05) is 30.3 Å². The molecule has 0 bridgehead atoms. The molecule has 1 aromatic rings. The van der Waals surface area contributed by atoms with Crippen LogP contribution in [0.4, 0.5) is 0 Å². The summed E-state index contributed by atoms with van der Waals surface area (Å²) in [6.07, 6.45) is 4.88. The third kappa shape index (κ3) is 4.82. The third-order valence-corrected chi connectivity index (χ3v) is 2.40. The number of allylic oxidation sites excluding steroid dienone is 1. The zero-order chi connectivity index (χ0) is 13.4. The van der Waals surface area contributed by atoms with Crippen LogP contribution in [0.25, 0.3) is 6.08 Å². The summed E-state index contributed by atoms with van der Waals surface area (Å²) in [5, 5.41) is 11.5. The zero-order valence-electron chi connectivity index (χ0n) is 10.6. The van der Waals surface area contributed by atoms with Crippen LogP contribution in [0.15, 0.2) is 36.4 Å². The van der Waals surface area contributed by atoms with Crippen LogP contribution in [0.3, 0.4) is 0 Å². The number of hydrogen-bond donors (Lipinski definition) is 0. The molecule has 0 aliphatic carbocycles. The average molecular weight is 247 g/mol. The van der Waals surface area contributed by atoms with Gasteiger partial charge in [0.1, 0.15) is 5.92 Å². The average Bonchev–Trinajstić information content (AvgIpc) is 2.38. The Morgan fingerprint density at radius 3 is 2.72 bits per heavy atom. The summed E-state index contributed by atoms with van der Waals surface area (Å²) in [6, 6.07) is 9.66. The fourth-order valence-electron chi connectivity index (χ4n) is 1.42. The van der Waals surface area contributed by atoms with Crippen LogP contribution in [0.1, 0.15) is 12.5 Å². The Bertz CT molecular complexity index is 438. The van der Waals surface area contributed by atoms with Crippen molar-refractivity contribution in [2.75, 3.05) is 13.7 Å². The van der Waals surface area contributed by atoms with E-state index in [4.69, 9.17) is 0 Å². The largest absolute Gasteiger partial charge is 0.624 e. The number of esters is 1. The second-order valence-corrected chi connectivity index (χ2v) is 3.94. The first kappa shape index (κ1) is 14.0. The number of rotatable bonds is 5. The third-order valence-electron chi connectivity index (χ3n) is 2.40. The SMILES string of the molecule is COC(=O)C(C)C/[N+]([O-])=C\C=C\c1ccccc1. The minimum Gasteiger partial charge on any atom is -0.624 e. The standard InChI is InChI=1S/C14H17NO3/c1-12(14(16)18-2)11-15(17)10-6-9-13-7-4-3-5-8-13/h3-10,12H,11H2,1-2H3/b9-6+,15-10+. The van der Waals surface area contributed by atoms with Crippen LogP contribution in [0.2, 0.25) is 0 Å². The molecule has 0 fully saturated rings. The molecule has 0 amide bonds. The smallest absolute Gasteiger partial charge is 0.314 e. The van der Waals surface area contributed by atoms with E-state index in [0.717, 1.165) is 10.3 Å². The molecule has 1 rings (SSSR count). The van der Waals surface area contributed by atoms with Gasteiger partial charge in [-0.2, -0.15) is 0 Å². The topological polar surface area (TPSA) is 52.4 Å². The fourth-order valence-corrected chi connectivity index (χ4v) is 1.42.